The molecule has 212 valence electrons. The van der Waals surface area contributed by atoms with Crippen LogP contribution in [0.15, 0.2) is 58.5 Å². The molecule has 14 nitrogen and oxygen atoms in total. The van der Waals surface area contributed by atoms with Gasteiger partial charge in [-0.05, 0) is 12.1 Å². The van der Waals surface area contributed by atoms with Crippen LogP contribution < -0.4 is 4.74 Å². The van der Waals surface area contributed by atoms with E-state index in [4.69, 9.17) is 5.11 Å². The second-order valence-electron chi connectivity index (χ2n) is 6.46. The van der Waals surface area contributed by atoms with E-state index in [1.165, 1.54) is 0 Å². The Bertz CT molecular complexity index is 1380. The fourth-order valence-electron chi connectivity index (χ4n) is 2.02. The lowest BCUT2D eigenvalue weighted by Crippen LogP contribution is -2.05. The number of nitro benzene ring substituents is 2. The standard InChI is InChI=1S/C8H7F2NO5S.C7H7NO5S.C3H4F2O2/c1-17(14,15)7-3-5(11(12)13)2-6(4-7)16-8(9)10;1-14(12,13)7-3-5(8(10)11)2-6(9)4-7;1-6-7-2-3(4)5/h2-4,8H,1H3;2-4,9H,1H3;2H,1H3. The average Bonchev–Trinajstić information content (AvgIpc) is 2.76. The molecule has 0 amide bonds. The number of ether oxygens (including phenoxy) is 1. The van der Waals surface area contributed by atoms with Crippen LogP contribution in [0.3, 0.4) is 0 Å². The second-order valence-corrected chi connectivity index (χ2v) is 10.5. The maximum absolute atomic E-state index is 11.9. The fourth-order valence-corrected chi connectivity index (χ4v) is 3.35. The predicted octanol–water partition coefficient (Wildman–Crippen LogP) is 3.61. The number of nitrogens with zero attached hydrogens (tertiary/aromatic N) is 2. The summed E-state index contributed by atoms with van der Waals surface area (Å²) in [7, 11) is -6.15. The third-order valence-corrected chi connectivity index (χ3v) is 5.66. The number of phenols is 1. The van der Waals surface area contributed by atoms with Gasteiger partial charge in [0.1, 0.15) is 11.5 Å². The number of hydrogen-bond donors (Lipinski definition) is 1. The average molecular weight is 594 g/mol. The van der Waals surface area contributed by atoms with Gasteiger partial charge in [0.2, 0.25) is 0 Å². The number of alkyl halides is 2. The molecule has 0 saturated carbocycles. The summed E-state index contributed by atoms with van der Waals surface area (Å²) >= 11 is 0. The van der Waals surface area contributed by atoms with E-state index in [2.05, 4.69) is 14.5 Å². The predicted molar refractivity (Wildman–Crippen MR) is 119 cm³/mol. The summed E-state index contributed by atoms with van der Waals surface area (Å²) in [6.07, 6.45) is 0.00540. The Morgan fingerprint density at radius 3 is 1.68 bits per heavy atom. The molecular weight excluding hydrogens is 576 g/mol. The zero-order chi connectivity index (χ0) is 29.8. The summed E-state index contributed by atoms with van der Waals surface area (Å²) in [5.41, 5.74) is -1.09. The van der Waals surface area contributed by atoms with E-state index in [-0.39, 0.29) is 11.2 Å². The zero-order valence-corrected chi connectivity index (χ0v) is 20.9. The maximum atomic E-state index is 11.9. The van der Waals surface area contributed by atoms with Crippen molar-refractivity contribution in [1.82, 2.24) is 0 Å². The number of sulfone groups is 2. The minimum atomic E-state index is -3.75. The van der Waals surface area contributed by atoms with Crippen molar-refractivity contribution in [3.63, 3.8) is 0 Å². The van der Waals surface area contributed by atoms with Gasteiger partial charge in [-0.1, -0.05) is 0 Å². The molecule has 0 atom stereocenters. The van der Waals surface area contributed by atoms with Gasteiger partial charge >= 0.3 is 12.7 Å². The van der Waals surface area contributed by atoms with Crippen molar-refractivity contribution in [3.8, 4) is 11.5 Å². The molecule has 0 fully saturated rings. The SMILES string of the molecule is COOC=C(F)F.CS(=O)(=O)c1cc(O)cc([N+](=O)[O-])c1.CS(=O)(=O)c1cc(OC(F)F)cc([N+](=O)[O-])c1. The van der Waals surface area contributed by atoms with E-state index in [1.54, 1.807) is 0 Å². The molecule has 0 radical (unpaired) electrons. The molecule has 2 aromatic carbocycles. The van der Waals surface area contributed by atoms with E-state index in [0.29, 0.717) is 0 Å². The lowest BCUT2D eigenvalue weighted by Gasteiger charge is -2.06. The molecule has 0 aliphatic heterocycles. The summed E-state index contributed by atoms with van der Waals surface area (Å²) < 4.78 is 94.0. The Morgan fingerprint density at radius 1 is 0.895 bits per heavy atom. The molecule has 2 rings (SSSR count). The molecule has 2 aromatic rings. The van der Waals surface area contributed by atoms with Gasteiger partial charge in [-0.2, -0.15) is 22.4 Å². The van der Waals surface area contributed by atoms with E-state index < -0.39 is 70.0 Å². The highest BCUT2D eigenvalue weighted by molar-refractivity contribution is 7.91. The van der Waals surface area contributed by atoms with Crippen LogP contribution in [0.5, 0.6) is 11.5 Å². The van der Waals surface area contributed by atoms with Crippen molar-refractivity contribution in [2.24, 2.45) is 0 Å². The van der Waals surface area contributed by atoms with Crippen LogP contribution in [0, 0.1) is 20.2 Å². The molecule has 0 aromatic heterocycles. The normalized spacial score (nSPS) is 10.7. The summed E-state index contributed by atoms with van der Waals surface area (Å²) in [5.74, 6) is -1.02. The fraction of sp³-hybridized carbons (Fsp3) is 0.222. The topological polar surface area (TPSA) is 202 Å². The molecule has 0 heterocycles. The molecule has 0 aliphatic rings. The van der Waals surface area contributed by atoms with Crippen LogP contribution in [-0.2, 0) is 29.4 Å². The lowest BCUT2D eigenvalue weighted by molar-refractivity contribution is -0.385. The summed E-state index contributed by atoms with van der Waals surface area (Å²) in [6, 6.07) is 5.04. The second kappa shape index (κ2) is 14.6. The Kier molecular flexibility index (Phi) is 13.1. The Labute approximate surface area is 211 Å². The number of rotatable bonds is 8. The monoisotopic (exact) mass is 594 g/mol. The first-order chi connectivity index (χ1) is 17.3. The molecule has 20 heteroatoms. The molecule has 0 saturated heterocycles. The van der Waals surface area contributed by atoms with Crippen LogP contribution in [0.4, 0.5) is 28.9 Å². The molecule has 0 bridgehead atoms. The van der Waals surface area contributed by atoms with Crippen molar-refractivity contribution < 1.29 is 63.9 Å². The van der Waals surface area contributed by atoms with Crippen molar-refractivity contribution in [2.75, 3.05) is 19.6 Å². The Hall–Kier alpha value is -4.04. The number of phenolic OH excluding ortho intramolecular Hbond substituents is 1. The largest absolute Gasteiger partial charge is 0.508 e. The van der Waals surface area contributed by atoms with E-state index >= 15 is 0 Å². The van der Waals surface area contributed by atoms with Crippen molar-refractivity contribution >= 4 is 31.0 Å². The highest BCUT2D eigenvalue weighted by Crippen LogP contribution is 2.27. The highest BCUT2D eigenvalue weighted by Gasteiger charge is 2.18. The first-order valence-corrected chi connectivity index (χ1v) is 12.9. The van der Waals surface area contributed by atoms with Crippen LogP contribution in [0.25, 0.3) is 0 Å². The van der Waals surface area contributed by atoms with Crippen LogP contribution in [0.2, 0.25) is 0 Å². The number of benzene rings is 2. The van der Waals surface area contributed by atoms with Gasteiger partial charge < -0.3 is 14.7 Å². The highest BCUT2D eigenvalue weighted by atomic mass is 32.2. The van der Waals surface area contributed by atoms with Crippen LogP contribution in [-0.4, -0.2) is 58.0 Å². The molecular formula is C18H18F4N2O12S2. The smallest absolute Gasteiger partial charge is 0.387 e. The summed E-state index contributed by atoms with van der Waals surface area (Å²) in [4.78, 5) is 25.9. The molecule has 1 N–H and O–H groups in total. The molecule has 0 unspecified atom stereocenters. The number of aromatic hydroxyl groups is 1. The van der Waals surface area contributed by atoms with Crippen LogP contribution in [0.1, 0.15) is 0 Å². The summed E-state index contributed by atoms with van der Waals surface area (Å²) in [5, 5.41) is 29.9. The first-order valence-electron chi connectivity index (χ1n) is 9.11. The van der Waals surface area contributed by atoms with Gasteiger partial charge in [0.15, 0.2) is 25.9 Å². The van der Waals surface area contributed by atoms with E-state index in [0.717, 1.165) is 56.0 Å². The zero-order valence-electron chi connectivity index (χ0n) is 19.3. The van der Waals surface area contributed by atoms with Crippen molar-refractivity contribution in [1.29, 1.82) is 0 Å². The van der Waals surface area contributed by atoms with Gasteiger partial charge in [-0.25, -0.2) is 16.8 Å². The number of non-ortho nitro benzene ring substituents is 2. The van der Waals surface area contributed by atoms with Gasteiger partial charge in [0, 0.05) is 24.6 Å². The Balaban J connectivity index is 0.000000587. The minimum Gasteiger partial charge on any atom is -0.508 e. The van der Waals surface area contributed by atoms with Crippen molar-refractivity contribution in [3.05, 3.63) is 69.0 Å². The third kappa shape index (κ3) is 13.3. The minimum absolute atomic E-state index is 0.208. The molecule has 38 heavy (non-hydrogen) atoms. The van der Waals surface area contributed by atoms with E-state index in [9.17, 15) is 54.6 Å². The van der Waals surface area contributed by atoms with Gasteiger partial charge in [0.25, 0.3) is 11.4 Å². The first kappa shape index (κ1) is 34.0. The summed E-state index contributed by atoms with van der Waals surface area (Å²) in [6.45, 7) is -3.19. The Morgan fingerprint density at radius 2 is 1.34 bits per heavy atom. The number of halogens is 4. The molecule has 0 spiro atoms. The maximum Gasteiger partial charge on any atom is 0.387 e. The van der Waals surface area contributed by atoms with Gasteiger partial charge in [-0.15, -0.1) is 0 Å². The number of nitro groups is 2. The van der Waals surface area contributed by atoms with E-state index in [1.807, 2.05) is 0 Å². The van der Waals surface area contributed by atoms with Gasteiger partial charge in [0.05, 0.1) is 38.9 Å². The van der Waals surface area contributed by atoms with Crippen molar-refractivity contribution in [2.45, 2.75) is 16.4 Å². The molecule has 0 aliphatic carbocycles. The number of hydrogen-bond acceptors (Lipinski definition) is 12. The van der Waals surface area contributed by atoms with Gasteiger partial charge in [-0.3, -0.25) is 20.2 Å². The lowest BCUT2D eigenvalue weighted by atomic mass is 10.3. The quantitative estimate of drug-likeness (QED) is 0.153. The van der Waals surface area contributed by atoms with Crippen LogP contribution >= 0.6 is 0 Å². The third-order valence-electron chi connectivity index (χ3n) is 3.48.